The molecule has 0 unspecified atom stereocenters. The highest BCUT2D eigenvalue weighted by Crippen LogP contribution is 2.50. The Morgan fingerprint density at radius 3 is 1.52 bits per heavy atom. The Labute approximate surface area is 243 Å². The molecule has 0 amide bonds. The van der Waals surface area contributed by atoms with Gasteiger partial charge in [0.1, 0.15) is 0 Å². The fraction of sp³-hybridized carbons (Fsp3) is 0.171. The molecule has 40 heavy (non-hydrogen) atoms. The van der Waals surface area contributed by atoms with Gasteiger partial charge in [0, 0.05) is 44.8 Å². The summed E-state index contributed by atoms with van der Waals surface area (Å²) in [5.74, 6) is 0.178. The Balaban J connectivity index is 1.14. The zero-order valence-electron chi connectivity index (χ0n) is 22.7. The zero-order valence-corrected chi connectivity index (χ0v) is 24.3. The molecule has 0 saturated heterocycles. The predicted molar refractivity (Wildman–Crippen MR) is 172 cm³/mol. The molecule has 3 nitrogen and oxygen atoms in total. The molecule has 4 aromatic carbocycles. The van der Waals surface area contributed by atoms with Crippen molar-refractivity contribution in [1.29, 1.82) is 0 Å². The lowest BCUT2D eigenvalue weighted by atomic mass is 10.1. The first kappa shape index (κ1) is 25.3. The SMILES string of the molecule is CCN1/C(=C/C=C2\CC/C(=C\C=C3/Sc4ccc5ccccc5c4N3CC)C2=O)Sc2ccc3ccccc3c21. The molecule has 7 rings (SSSR count). The summed E-state index contributed by atoms with van der Waals surface area (Å²) in [4.78, 5) is 20.7. The Morgan fingerprint density at radius 1 is 0.625 bits per heavy atom. The third-order valence-corrected chi connectivity index (χ3v) is 10.2. The van der Waals surface area contributed by atoms with E-state index in [1.807, 2.05) is 0 Å². The maximum absolute atomic E-state index is 13.4. The fourth-order valence-electron chi connectivity index (χ4n) is 5.99. The van der Waals surface area contributed by atoms with Gasteiger partial charge in [0.15, 0.2) is 5.78 Å². The number of rotatable bonds is 4. The minimum Gasteiger partial charge on any atom is -0.335 e. The number of benzene rings is 4. The van der Waals surface area contributed by atoms with Gasteiger partial charge in [-0.15, -0.1) is 0 Å². The van der Waals surface area contributed by atoms with Gasteiger partial charge in [-0.1, -0.05) is 96.3 Å². The van der Waals surface area contributed by atoms with Gasteiger partial charge >= 0.3 is 0 Å². The van der Waals surface area contributed by atoms with Crippen molar-refractivity contribution in [2.24, 2.45) is 0 Å². The van der Waals surface area contributed by atoms with Gasteiger partial charge in [-0.25, -0.2) is 0 Å². The van der Waals surface area contributed by atoms with Gasteiger partial charge in [-0.05, 0) is 61.7 Å². The molecule has 0 radical (unpaired) electrons. The topological polar surface area (TPSA) is 23.6 Å². The van der Waals surface area contributed by atoms with E-state index in [1.54, 1.807) is 23.5 Å². The summed E-state index contributed by atoms with van der Waals surface area (Å²) >= 11 is 3.58. The molecule has 0 bridgehead atoms. The van der Waals surface area contributed by atoms with Crippen LogP contribution in [0, 0.1) is 0 Å². The summed E-state index contributed by atoms with van der Waals surface area (Å²) in [5.41, 5.74) is 4.36. The second-order valence-corrected chi connectivity index (χ2v) is 12.3. The molecule has 0 N–H and O–H groups in total. The molecule has 4 aromatic rings. The van der Waals surface area contributed by atoms with E-state index in [-0.39, 0.29) is 5.78 Å². The average molecular weight is 559 g/mol. The number of thioether (sulfide) groups is 2. The van der Waals surface area contributed by atoms with Crippen LogP contribution in [0.15, 0.2) is 128 Å². The van der Waals surface area contributed by atoms with E-state index < -0.39 is 0 Å². The van der Waals surface area contributed by atoms with Crippen LogP contribution in [0.4, 0.5) is 11.4 Å². The number of carbonyl (C=O) groups excluding carboxylic acids is 1. The standard InChI is InChI=1S/C35H30N2OS2/c1-3-36-31(39-29-19-15-23-9-5-7-11-27(23)33(29)36)21-17-25-13-14-26(35(25)38)18-22-32-37(4-2)34-28-12-8-6-10-24(28)16-20-30(34)40-32/h5-12,15-22H,3-4,13-14H2,1-2H3/b25-17+,26-18+,31-21-,32-22-. The van der Waals surface area contributed by atoms with Gasteiger partial charge < -0.3 is 9.80 Å². The molecule has 198 valence electrons. The van der Waals surface area contributed by atoms with Gasteiger partial charge in [0.25, 0.3) is 0 Å². The van der Waals surface area contributed by atoms with Crippen molar-refractivity contribution in [3.63, 3.8) is 0 Å². The first-order chi connectivity index (χ1) is 19.7. The minimum atomic E-state index is 0.178. The van der Waals surface area contributed by atoms with Crippen molar-refractivity contribution in [2.45, 2.75) is 36.5 Å². The van der Waals surface area contributed by atoms with Crippen molar-refractivity contribution in [2.75, 3.05) is 22.9 Å². The molecule has 0 aromatic heterocycles. The summed E-state index contributed by atoms with van der Waals surface area (Å²) in [5, 5.41) is 7.43. The monoisotopic (exact) mass is 558 g/mol. The third-order valence-electron chi connectivity index (χ3n) is 7.96. The minimum absolute atomic E-state index is 0.178. The van der Waals surface area contributed by atoms with Crippen LogP contribution in [0.5, 0.6) is 0 Å². The zero-order chi connectivity index (χ0) is 27.2. The second kappa shape index (κ2) is 10.4. The van der Waals surface area contributed by atoms with Gasteiger partial charge in [-0.3, -0.25) is 4.79 Å². The Morgan fingerprint density at radius 2 is 1.07 bits per heavy atom. The largest absolute Gasteiger partial charge is 0.335 e. The first-order valence-corrected chi connectivity index (χ1v) is 15.6. The summed E-state index contributed by atoms with van der Waals surface area (Å²) in [7, 11) is 0. The lowest BCUT2D eigenvalue weighted by Gasteiger charge is -2.19. The maximum Gasteiger partial charge on any atom is 0.185 e. The van der Waals surface area contributed by atoms with E-state index in [0.717, 1.165) is 37.1 Å². The highest BCUT2D eigenvalue weighted by Gasteiger charge is 2.28. The van der Waals surface area contributed by atoms with Crippen molar-refractivity contribution in [3.8, 4) is 0 Å². The highest BCUT2D eigenvalue weighted by atomic mass is 32.2. The van der Waals surface area contributed by atoms with Crippen LogP contribution in [0.1, 0.15) is 26.7 Å². The number of carbonyl (C=O) groups is 1. The highest BCUT2D eigenvalue weighted by molar-refractivity contribution is 8.04. The van der Waals surface area contributed by atoms with Crippen LogP contribution >= 0.6 is 23.5 Å². The third kappa shape index (κ3) is 4.20. The number of hydrogen-bond donors (Lipinski definition) is 0. The summed E-state index contributed by atoms with van der Waals surface area (Å²) in [6.45, 7) is 6.16. The van der Waals surface area contributed by atoms with Crippen LogP contribution in [-0.2, 0) is 4.79 Å². The van der Waals surface area contributed by atoms with Crippen LogP contribution < -0.4 is 9.80 Å². The van der Waals surface area contributed by atoms with Crippen LogP contribution in [0.25, 0.3) is 21.5 Å². The maximum atomic E-state index is 13.4. The molecule has 2 aliphatic heterocycles. The molecule has 1 aliphatic carbocycles. The van der Waals surface area contributed by atoms with Gasteiger partial charge in [0.2, 0.25) is 0 Å². The van der Waals surface area contributed by atoms with Gasteiger partial charge in [0.05, 0.1) is 21.4 Å². The van der Waals surface area contributed by atoms with Crippen LogP contribution in [0.2, 0.25) is 0 Å². The second-order valence-electron chi connectivity index (χ2n) is 10.2. The molecule has 0 atom stereocenters. The summed E-state index contributed by atoms with van der Waals surface area (Å²) in [6, 6.07) is 26.0. The Kier molecular flexibility index (Phi) is 6.57. The number of Topliss-reactive ketones (excluding diaryl/α,β-unsaturated/α-hetero) is 1. The summed E-state index contributed by atoms with van der Waals surface area (Å²) in [6.07, 6.45) is 9.98. The van der Waals surface area contributed by atoms with E-state index in [4.69, 9.17) is 0 Å². The lowest BCUT2D eigenvalue weighted by molar-refractivity contribution is -0.111. The Hall–Kier alpha value is -3.67. The number of allylic oxidation sites excluding steroid dienone is 6. The smallest absolute Gasteiger partial charge is 0.185 e. The van der Waals surface area contributed by atoms with Crippen LogP contribution in [-0.4, -0.2) is 18.9 Å². The number of anilines is 2. The lowest BCUT2D eigenvalue weighted by Crippen LogP contribution is -2.16. The van der Waals surface area contributed by atoms with Crippen molar-refractivity contribution >= 4 is 62.2 Å². The normalized spacial score (nSPS) is 20.7. The molecule has 1 fully saturated rings. The molecular weight excluding hydrogens is 529 g/mol. The molecule has 3 aliphatic rings. The molecule has 5 heteroatoms. The van der Waals surface area contributed by atoms with Crippen molar-refractivity contribution < 1.29 is 4.79 Å². The fourth-order valence-corrected chi connectivity index (χ4v) is 8.28. The average Bonchev–Trinajstić information content (AvgIpc) is 3.66. The van der Waals surface area contributed by atoms with E-state index >= 15 is 0 Å². The quantitative estimate of drug-likeness (QED) is 0.232. The van der Waals surface area contributed by atoms with E-state index in [1.165, 1.54) is 52.8 Å². The molecular formula is C35H30N2OS2. The summed E-state index contributed by atoms with van der Waals surface area (Å²) < 4.78 is 0. The van der Waals surface area contributed by atoms with E-state index in [9.17, 15) is 4.79 Å². The van der Waals surface area contributed by atoms with Crippen LogP contribution in [0.3, 0.4) is 0 Å². The number of fused-ring (bicyclic) bond motifs is 6. The van der Waals surface area contributed by atoms with Crippen molar-refractivity contribution in [3.05, 3.63) is 118 Å². The van der Waals surface area contributed by atoms with Gasteiger partial charge in [-0.2, -0.15) is 0 Å². The van der Waals surface area contributed by atoms with E-state index in [0.29, 0.717) is 0 Å². The number of ketones is 1. The molecule has 1 saturated carbocycles. The number of hydrogen-bond acceptors (Lipinski definition) is 5. The molecule has 2 heterocycles. The first-order valence-electron chi connectivity index (χ1n) is 14.0. The van der Waals surface area contributed by atoms with E-state index in [2.05, 4.69) is 121 Å². The Bertz CT molecular complexity index is 1680. The predicted octanol–water partition coefficient (Wildman–Crippen LogP) is 9.46. The van der Waals surface area contributed by atoms with Crippen molar-refractivity contribution in [1.82, 2.24) is 0 Å². The number of nitrogens with zero attached hydrogens (tertiary/aromatic N) is 2. The molecule has 0 spiro atoms.